The molecule has 2 aromatic rings. The smallest absolute Gasteiger partial charge is 0.184 e. The topological polar surface area (TPSA) is 78.0 Å². The lowest BCUT2D eigenvalue weighted by molar-refractivity contribution is 0.591. The lowest BCUT2D eigenvalue weighted by Crippen LogP contribution is -2.10. The fourth-order valence-corrected chi connectivity index (χ4v) is 3.71. The maximum absolute atomic E-state index is 12.4. The fraction of sp³-hybridized carbons (Fsp3) is 0.308. The first-order valence-corrected chi connectivity index (χ1v) is 7.53. The van der Waals surface area contributed by atoms with Crippen molar-refractivity contribution in [1.29, 1.82) is 0 Å². The lowest BCUT2D eigenvalue weighted by atomic mass is 10.2. The number of aromatic nitrogens is 2. The van der Waals surface area contributed by atoms with E-state index in [4.69, 9.17) is 5.73 Å². The van der Waals surface area contributed by atoms with Crippen LogP contribution in [0.1, 0.15) is 17.0 Å². The van der Waals surface area contributed by atoms with E-state index >= 15 is 0 Å². The first kappa shape index (κ1) is 13.6. The van der Waals surface area contributed by atoms with Gasteiger partial charge in [-0.15, -0.1) is 0 Å². The van der Waals surface area contributed by atoms with Crippen LogP contribution in [0.15, 0.2) is 29.2 Å². The van der Waals surface area contributed by atoms with Gasteiger partial charge < -0.3 is 5.73 Å². The summed E-state index contributed by atoms with van der Waals surface area (Å²) >= 11 is 0. The summed E-state index contributed by atoms with van der Waals surface area (Å²) in [6, 6.07) is 6.70. The second kappa shape index (κ2) is 4.70. The van der Waals surface area contributed by atoms with Crippen molar-refractivity contribution in [2.24, 2.45) is 7.05 Å². The maximum Gasteiger partial charge on any atom is 0.184 e. The van der Waals surface area contributed by atoms with Gasteiger partial charge in [0.05, 0.1) is 22.0 Å². The molecule has 19 heavy (non-hydrogen) atoms. The van der Waals surface area contributed by atoms with E-state index in [9.17, 15) is 8.42 Å². The van der Waals surface area contributed by atoms with Crippen molar-refractivity contribution < 1.29 is 8.42 Å². The van der Waals surface area contributed by atoms with E-state index in [1.807, 2.05) is 6.92 Å². The van der Waals surface area contributed by atoms with Crippen LogP contribution in [-0.4, -0.2) is 18.2 Å². The predicted octanol–water partition coefficient (Wildman–Crippen LogP) is 1.59. The van der Waals surface area contributed by atoms with E-state index in [2.05, 4.69) is 5.10 Å². The molecule has 0 radical (unpaired) electrons. The van der Waals surface area contributed by atoms with E-state index in [1.54, 1.807) is 36.9 Å². The number of hydrogen-bond donors (Lipinski definition) is 1. The Morgan fingerprint density at radius 2 is 1.95 bits per heavy atom. The minimum absolute atomic E-state index is 0.0748. The largest absolute Gasteiger partial charge is 0.399 e. The Labute approximate surface area is 113 Å². The van der Waals surface area contributed by atoms with Gasteiger partial charge in [-0.3, -0.25) is 4.68 Å². The van der Waals surface area contributed by atoms with E-state index in [1.165, 1.54) is 6.07 Å². The number of hydrogen-bond acceptors (Lipinski definition) is 4. The van der Waals surface area contributed by atoms with E-state index in [0.717, 1.165) is 5.69 Å². The molecule has 0 aliphatic heterocycles. The lowest BCUT2D eigenvalue weighted by Gasteiger charge is -2.08. The molecular formula is C13H17N3O2S. The molecule has 0 spiro atoms. The molecule has 0 aliphatic carbocycles. The highest BCUT2D eigenvalue weighted by Crippen LogP contribution is 2.22. The summed E-state index contributed by atoms with van der Waals surface area (Å²) in [6.45, 7) is 3.60. The number of nitrogens with two attached hydrogens (primary N) is 1. The monoisotopic (exact) mass is 279 g/mol. The molecule has 5 nitrogen and oxygen atoms in total. The van der Waals surface area contributed by atoms with Crippen molar-refractivity contribution in [3.8, 4) is 0 Å². The second-order valence-electron chi connectivity index (χ2n) is 4.68. The fourth-order valence-electron chi connectivity index (χ4n) is 2.02. The number of nitrogens with zero attached hydrogens (tertiary/aromatic N) is 2. The Morgan fingerprint density at radius 3 is 2.53 bits per heavy atom. The minimum Gasteiger partial charge on any atom is -0.399 e. The summed E-state index contributed by atoms with van der Waals surface area (Å²) in [5, 5.41) is 4.16. The van der Waals surface area contributed by atoms with Crippen LogP contribution >= 0.6 is 0 Å². The molecule has 2 N–H and O–H groups in total. The Bertz CT molecular complexity index is 717. The number of benzene rings is 1. The molecule has 0 fully saturated rings. The summed E-state index contributed by atoms with van der Waals surface area (Å²) in [5.74, 6) is -0.0748. The summed E-state index contributed by atoms with van der Waals surface area (Å²) in [5.41, 5.74) is 8.29. The number of nitrogen functional groups attached to an aromatic ring is 1. The van der Waals surface area contributed by atoms with Crippen LogP contribution in [0.25, 0.3) is 0 Å². The number of anilines is 1. The van der Waals surface area contributed by atoms with Crippen molar-refractivity contribution in [1.82, 2.24) is 9.78 Å². The Kier molecular flexibility index (Phi) is 3.36. The van der Waals surface area contributed by atoms with Crippen LogP contribution < -0.4 is 5.73 Å². The minimum atomic E-state index is -3.42. The molecule has 2 rings (SSSR count). The van der Waals surface area contributed by atoms with E-state index in [-0.39, 0.29) is 10.6 Å². The van der Waals surface area contributed by atoms with Crippen molar-refractivity contribution in [2.45, 2.75) is 24.5 Å². The van der Waals surface area contributed by atoms with E-state index in [0.29, 0.717) is 16.9 Å². The van der Waals surface area contributed by atoms with Crippen molar-refractivity contribution in [3.05, 3.63) is 41.2 Å². The second-order valence-corrected chi connectivity index (χ2v) is 6.64. The summed E-state index contributed by atoms with van der Waals surface area (Å²) < 4.78 is 26.5. The predicted molar refractivity (Wildman–Crippen MR) is 74.4 cm³/mol. The molecule has 102 valence electrons. The highest BCUT2D eigenvalue weighted by atomic mass is 32.2. The van der Waals surface area contributed by atoms with Crippen molar-refractivity contribution in [3.63, 3.8) is 0 Å². The zero-order chi connectivity index (χ0) is 14.2. The zero-order valence-corrected chi connectivity index (χ0v) is 12.0. The standard InChI is InChI=1S/C13H17N3O2S/c1-9-4-5-11(14)7-13(9)19(17,18)8-12-6-10(2)15-16(12)3/h4-7H,8,14H2,1-3H3. The molecule has 6 heteroatoms. The number of rotatable bonds is 3. The van der Waals surface area contributed by atoms with Gasteiger partial charge in [0.2, 0.25) is 0 Å². The highest BCUT2D eigenvalue weighted by molar-refractivity contribution is 7.90. The normalized spacial score (nSPS) is 11.7. The SMILES string of the molecule is Cc1cc(CS(=O)(=O)c2cc(N)ccc2C)n(C)n1. The van der Waals surface area contributed by atoms with Crippen LogP contribution in [-0.2, 0) is 22.6 Å². The molecule has 0 saturated heterocycles. The maximum atomic E-state index is 12.4. The van der Waals surface area contributed by atoms with Crippen LogP contribution in [0.3, 0.4) is 0 Å². The van der Waals surface area contributed by atoms with Crippen molar-refractivity contribution in [2.75, 3.05) is 5.73 Å². The molecule has 0 amide bonds. The molecule has 0 saturated carbocycles. The average molecular weight is 279 g/mol. The van der Waals surface area contributed by atoms with Crippen LogP contribution in [0.2, 0.25) is 0 Å². The quantitative estimate of drug-likeness (QED) is 0.865. The molecule has 0 aliphatic rings. The molecule has 0 bridgehead atoms. The number of sulfone groups is 1. The molecule has 1 heterocycles. The summed E-state index contributed by atoms with van der Waals surface area (Å²) in [7, 11) is -1.68. The van der Waals surface area contributed by atoms with Gasteiger partial charge >= 0.3 is 0 Å². The van der Waals surface area contributed by atoms with Crippen LogP contribution in [0.4, 0.5) is 5.69 Å². The van der Waals surface area contributed by atoms with Gasteiger partial charge in [0, 0.05) is 12.7 Å². The van der Waals surface area contributed by atoms with Gasteiger partial charge in [-0.2, -0.15) is 5.10 Å². The van der Waals surface area contributed by atoms with E-state index < -0.39 is 9.84 Å². The third-order valence-electron chi connectivity index (χ3n) is 2.98. The summed E-state index contributed by atoms with van der Waals surface area (Å²) in [4.78, 5) is 0.284. The van der Waals surface area contributed by atoms with Gasteiger partial charge in [0.15, 0.2) is 9.84 Å². The first-order chi connectivity index (χ1) is 8.79. The third kappa shape index (κ3) is 2.78. The zero-order valence-electron chi connectivity index (χ0n) is 11.2. The Balaban J connectivity index is 2.43. The Hall–Kier alpha value is -1.82. The van der Waals surface area contributed by atoms with Crippen LogP contribution in [0, 0.1) is 13.8 Å². The van der Waals surface area contributed by atoms with Gasteiger partial charge in [0.25, 0.3) is 0 Å². The molecular weight excluding hydrogens is 262 g/mol. The summed E-state index contributed by atoms with van der Waals surface area (Å²) in [6.07, 6.45) is 0. The molecule has 1 aromatic carbocycles. The van der Waals surface area contributed by atoms with Gasteiger partial charge in [-0.05, 0) is 37.6 Å². The number of aryl methyl sites for hydroxylation is 3. The first-order valence-electron chi connectivity index (χ1n) is 5.88. The van der Waals surface area contributed by atoms with Crippen molar-refractivity contribution >= 4 is 15.5 Å². The molecule has 0 unspecified atom stereocenters. The molecule has 0 atom stereocenters. The highest BCUT2D eigenvalue weighted by Gasteiger charge is 2.20. The third-order valence-corrected chi connectivity index (χ3v) is 4.77. The molecule has 1 aromatic heterocycles. The van der Waals surface area contributed by atoms with Gasteiger partial charge in [-0.1, -0.05) is 6.07 Å². The Morgan fingerprint density at radius 1 is 1.26 bits per heavy atom. The van der Waals surface area contributed by atoms with Gasteiger partial charge in [0.1, 0.15) is 0 Å². The average Bonchev–Trinajstić information content (AvgIpc) is 2.60. The van der Waals surface area contributed by atoms with Crippen LogP contribution in [0.5, 0.6) is 0 Å². The van der Waals surface area contributed by atoms with Gasteiger partial charge in [-0.25, -0.2) is 8.42 Å².